The van der Waals surface area contributed by atoms with Crippen molar-refractivity contribution in [3.8, 4) is 11.5 Å². The summed E-state index contributed by atoms with van der Waals surface area (Å²) in [5.74, 6) is 0.897. The third-order valence-electron chi connectivity index (χ3n) is 6.67. The van der Waals surface area contributed by atoms with Crippen molar-refractivity contribution < 1.29 is 14.6 Å². The zero-order valence-corrected chi connectivity index (χ0v) is 22.7. The summed E-state index contributed by atoms with van der Waals surface area (Å²) in [4.78, 5) is 40.5. The molecule has 0 aliphatic carbocycles. The van der Waals surface area contributed by atoms with E-state index in [0.717, 1.165) is 18.0 Å². The second-order valence-corrected chi connectivity index (χ2v) is 9.69. The maximum absolute atomic E-state index is 13.5. The summed E-state index contributed by atoms with van der Waals surface area (Å²) in [5, 5.41) is 14.0. The molecule has 206 valence electrons. The lowest BCUT2D eigenvalue weighted by atomic mass is 10.1. The Hall–Kier alpha value is -4.90. The van der Waals surface area contributed by atoms with Gasteiger partial charge in [0.15, 0.2) is 0 Å². The highest BCUT2D eigenvalue weighted by Crippen LogP contribution is 2.39. The van der Waals surface area contributed by atoms with Gasteiger partial charge in [-0.15, -0.1) is 0 Å². The molecule has 1 aliphatic rings. The Morgan fingerprint density at radius 2 is 1.90 bits per heavy atom. The topological polar surface area (TPSA) is 116 Å². The number of benzene rings is 2. The Balaban J connectivity index is 1.43. The standard InChI is InChI=1S/C29H31N7O4/c1-5-26(38)36-13-12-35(24-17-21(37)8-11-23(24)36)25-16-19-18-30-29(32-27(19)34(4)28(25)39)31-20-6-9-22(10-7-20)40-15-14-33(2)3/h5-11,16-18,37H,1,12-15H2,2-4H3,(H,30,31,32). The molecular formula is C29H31N7O4. The molecule has 0 fully saturated rings. The lowest BCUT2D eigenvalue weighted by Crippen LogP contribution is -2.43. The minimum Gasteiger partial charge on any atom is -0.508 e. The number of fused-ring (bicyclic) bond motifs is 2. The second-order valence-electron chi connectivity index (χ2n) is 9.69. The summed E-state index contributed by atoms with van der Waals surface area (Å²) < 4.78 is 7.22. The molecule has 0 bridgehead atoms. The highest BCUT2D eigenvalue weighted by Gasteiger charge is 2.29. The van der Waals surface area contributed by atoms with Gasteiger partial charge >= 0.3 is 0 Å². The summed E-state index contributed by atoms with van der Waals surface area (Å²) in [7, 11) is 5.65. The summed E-state index contributed by atoms with van der Waals surface area (Å²) in [6.07, 6.45) is 2.91. The molecule has 11 nitrogen and oxygen atoms in total. The zero-order chi connectivity index (χ0) is 28.4. The van der Waals surface area contributed by atoms with Gasteiger partial charge in [-0.25, -0.2) is 4.98 Å². The lowest BCUT2D eigenvalue weighted by molar-refractivity contribution is -0.114. The molecule has 0 radical (unpaired) electrons. The van der Waals surface area contributed by atoms with Crippen LogP contribution in [0.3, 0.4) is 0 Å². The SMILES string of the molecule is C=CC(=O)N1CCN(c2cc3cnc(Nc4ccc(OCCN(C)C)cc4)nc3n(C)c2=O)c2cc(O)ccc21. The number of hydrogen-bond acceptors (Lipinski definition) is 9. The van der Waals surface area contributed by atoms with E-state index in [1.54, 1.807) is 41.2 Å². The van der Waals surface area contributed by atoms with Gasteiger partial charge in [-0.05, 0) is 62.6 Å². The van der Waals surface area contributed by atoms with Crippen molar-refractivity contribution in [2.45, 2.75) is 0 Å². The molecule has 0 unspecified atom stereocenters. The van der Waals surface area contributed by atoms with E-state index in [9.17, 15) is 14.7 Å². The number of likely N-dealkylation sites (N-methyl/N-ethyl adjacent to an activating group) is 1. The molecule has 1 aliphatic heterocycles. The van der Waals surface area contributed by atoms with Crippen molar-refractivity contribution in [1.82, 2.24) is 19.4 Å². The lowest BCUT2D eigenvalue weighted by Gasteiger charge is -2.37. The van der Waals surface area contributed by atoms with Crippen LogP contribution in [0.5, 0.6) is 11.5 Å². The van der Waals surface area contributed by atoms with Gasteiger partial charge in [-0.2, -0.15) is 4.98 Å². The van der Waals surface area contributed by atoms with Gasteiger partial charge in [0.05, 0.1) is 11.4 Å². The molecule has 4 aromatic rings. The van der Waals surface area contributed by atoms with Crippen molar-refractivity contribution in [2.75, 3.05) is 55.5 Å². The molecule has 2 aromatic heterocycles. The minimum absolute atomic E-state index is 0.0291. The van der Waals surface area contributed by atoms with Gasteiger partial charge < -0.3 is 29.9 Å². The molecule has 0 saturated heterocycles. The van der Waals surface area contributed by atoms with E-state index < -0.39 is 0 Å². The van der Waals surface area contributed by atoms with E-state index in [4.69, 9.17) is 4.74 Å². The number of carbonyl (C=O) groups excluding carboxylic acids is 1. The number of amides is 1. The fraction of sp³-hybridized carbons (Fsp3) is 0.241. The fourth-order valence-electron chi connectivity index (χ4n) is 4.58. The number of phenols is 1. The van der Waals surface area contributed by atoms with Gasteiger partial charge in [-0.1, -0.05) is 6.58 Å². The van der Waals surface area contributed by atoms with E-state index in [0.29, 0.717) is 53.7 Å². The highest BCUT2D eigenvalue weighted by atomic mass is 16.5. The van der Waals surface area contributed by atoms with Crippen LogP contribution >= 0.6 is 0 Å². The molecule has 0 spiro atoms. The van der Waals surface area contributed by atoms with Crippen LogP contribution in [0.4, 0.5) is 28.7 Å². The van der Waals surface area contributed by atoms with Crippen molar-refractivity contribution in [1.29, 1.82) is 0 Å². The van der Waals surface area contributed by atoms with Crippen LogP contribution < -0.4 is 25.4 Å². The van der Waals surface area contributed by atoms with Gasteiger partial charge in [0.2, 0.25) is 5.95 Å². The van der Waals surface area contributed by atoms with Crippen LogP contribution in [-0.4, -0.2) is 70.8 Å². The average Bonchev–Trinajstić information content (AvgIpc) is 2.95. The maximum atomic E-state index is 13.5. The first kappa shape index (κ1) is 26.7. The summed E-state index contributed by atoms with van der Waals surface area (Å²) in [5.41, 5.74) is 2.50. The average molecular weight is 542 g/mol. The molecule has 40 heavy (non-hydrogen) atoms. The number of nitrogens with one attached hydrogen (secondary N) is 1. The number of phenolic OH excluding ortho intramolecular Hbond substituents is 1. The van der Waals surface area contributed by atoms with Crippen molar-refractivity contribution in [3.05, 3.63) is 77.7 Å². The Morgan fingerprint density at radius 3 is 2.62 bits per heavy atom. The Kier molecular flexibility index (Phi) is 7.39. The molecule has 0 saturated carbocycles. The molecular weight excluding hydrogens is 510 g/mol. The quantitative estimate of drug-likeness (QED) is 0.324. The number of carbonyl (C=O) groups is 1. The zero-order valence-electron chi connectivity index (χ0n) is 22.7. The number of anilines is 5. The highest BCUT2D eigenvalue weighted by molar-refractivity contribution is 6.05. The van der Waals surface area contributed by atoms with Gasteiger partial charge in [-0.3, -0.25) is 14.2 Å². The number of hydrogen-bond donors (Lipinski definition) is 2. The number of aromatic hydroxyl groups is 1. The molecule has 11 heteroatoms. The predicted octanol–water partition coefficient (Wildman–Crippen LogP) is 3.39. The van der Waals surface area contributed by atoms with Crippen LogP contribution in [0, 0.1) is 0 Å². The first-order valence-corrected chi connectivity index (χ1v) is 12.8. The molecule has 1 amide bonds. The first-order chi connectivity index (χ1) is 19.2. The van der Waals surface area contributed by atoms with Crippen LogP contribution in [0.2, 0.25) is 0 Å². The number of nitrogens with zero attached hydrogens (tertiary/aromatic N) is 6. The predicted molar refractivity (Wildman–Crippen MR) is 156 cm³/mol. The van der Waals surface area contributed by atoms with E-state index in [-0.39, 0.29) is 17.2 Å². The molecule has 0 atom stereocenters. The number of ether oxygens (including phenoxy) is 1. The largest absolute Gasteiger partial charge is 0.508 e. The number of aryl methyl sites for hydroxylation is 1. The maximum Gasteiger partial charge on any atom is 0.275 e. The van der Waals surface area contributed by atoms with Crippen LogP contribution in [0.1, 0.15) is 0 Å². The molecule has 2 aromatic carbocycles. The monoisotopic (exact) mass is 541 g/mol. The number of pyridine rings is 1. The third-order valence-corrected chi connectivity index (χ3v) is 6.67. The van der Waals surface area contributed by atoms with Crippen molar-refractivity contribution >= 4 is 45.6 Å². The normalized spacial score (nSPS) is 12.9. The van der Waals surface area contributed by atoms with Crippen LogP contribution in [-0.2, 0) is 11.8 Å². The van der Waals surface area contributed by atoms with Crippen molar-refractivity contribution in [2.24, 2.45) is 7.05 Å². The Morgan fingerprint density at radius 1 is 1.12 bits per heavy atom. The van der Waals surface area contributed by atoms with Crippen molar-refractivity contribution in [3.63, 3.8) is 0 Å². The Labute approximate surface area is 231 Å². The van der Waals surface area contributed by atoms with Crippen LogP contribution in [0.25, 0.3) is 11.0 Å². The number of rotatable bonds is 8. The molecule has 3 heterocycles. The van der Waals surface area contributed by atoms with E-state index in [2.05, 4.69) is 26.8 Å². The Bertz CT molecular complexity index is 1630. The van der Waals surface area contributed by atoms with Gasteiger partial charge in [0.1, 0.15) is 29.4 Å². The summed E-state index contributed by atoms with van der Waals surface area (Å²) in [6.45, 7) is 5.71. The van der Waals surface area contributed by atoms with E-state index in [1.807, 2.05) is 38.4 Å². The van der Waals surface area contributed by atoms with E-state index in [1.165, 1.54) is 16.7 Å². The smallest absolute Gasteiger partial charge is 0.275 e. The van der Waals surface area contributed by atoms with Crippen LogP contribution in [0.15, 0.2) is 72.2 Å². The van der Waals surface area contributed by atoms with E-state index >= 15 is 0 Å². The summed E-state index contributed by atoms with van der Waals surface area (Å²) in [6, 6.07) is 14.0. The summed E-state index contributed by atoms with van der Waals surface area (Å²) >= 11 is 0. The molecule has 5 rings (SSSR count). The minimum atomic E-state index is -0.269. The number of aromatic nitrogens is 3. The van der Waals surface area contributed by atoms with Gasteiger partial charge in [0.25, 0.3) is 11.5 Å². The first-order valence-electron chi connectivity index (χ1n) is 12.8. The van der Waals surface area contributed by atoms with Gasteiger partial charge in [0, 0.05) is 50.0 Å². The fourth-order valence-corrected chi connectivity index (χ4v) is 4.58. The molecule has 2 N–H and O–H groups in total. The third kappa shape index (κ3) is 5.32. The second kappa shape index (κ2) is 11.1.